The maximum absolute atomic E-state index is 3.60. The SMILES string of the molecule is CCNC(Cc1ccc(I)cc1)c1ccc(N(C)C)cc1. The molecule has 0 bridgehead atoms. The molecule has 2 aromatic carbocycles. The van der Waals surface area contributed by atoms with Crippen molar-refractivity contribution in [2.45, 2.75) is 19.4 Å². The van der Waals surface area contributed by atoms with Gasteiger partial charge in [0.25, 0.3) is 0 Å². The molecule has 1 atom stereocenters. The van der Waals surface area contributed by atoms with Gasteiger partial charge in [0.05, 0.1) is 0 Å². The van der Waals surface area contributed by atoms with Gasteiger partial charge in [0.1, 0.15) is 0 Å². The lowest BCUT2D eigenvalue weighted by Gasteiger charge is -2.20. The van der Waals surface area contributed by atoms with Crippen molar-refractivity contribution in [1.29, 1.82) is 0 Å². The largest absolute Gasteiger partial charge is 0.378 e. The quantitative estimate of drug-likeness (QED) is 0.737. The van der Waals surface area contributed by atoms with Gasteiger partial charge in [0.15, 0.2) is 0 Å². The van der Waals surface area contributed by atoms with Crippen molar-refractivity contribution >= 4 is 28.3 Å². The number of rotatable bonds is 6. The molecule has 0 aliphatic rings. The molecule has 2 rings (SSSR count). The summed E-state index contributed by atoms with van der Waals surface area (Å²) >= 11 is 2.35. The molecular weight excluding hydrogens is 371 g/mol. The van der Waals surface area contributed by atoms with Crippen molar-refractivity contribution in [3.8, 4) is 0 Å². The Morgan fingerprint density at radius 3 is 2.14 bits per heavy atom. The van der Waals surface area contributed by atoms with Crippen LogP contribution in [0.3, 0.4) is 0 Å². The zero-order valence-electron chi connectivity index (χ0n) is 12.9. The minimum atomic E-state index is 0.367. The van der Waals surface area contributed by atoms with Gasteiger partial charge in [-0.15, -0.1) is 0 Å². The third-order valence-corrected chi connectivity index (χ3v) is 4.33. The second-order valence-electron chi connectivity index (χ2n) is 5.43. The fraction of sp³-hybridized carbons (Fsp3) is 0.333. The van der Waals surface area contributed by atoms with Crippen LogP contribution in [0.4, 0.5) is 5.69 Å². The number of likely N-dealkylation sites (N-methyl/N-ethyl adjacent to an activating group) is 1. The number of nitrogens with zero attached hydrogens (tertiary/aromatic N) is 1. The molecule has 0 aliphatic heterocycles. The molecule has 112 valence electrons. The monoisotopic (exact) mass is 394 g/mol. The maximum Gasteiger partial charge on any atom is 0.0361 e. The lowest BCUT2D eigenvalue weighted by molar-refractivity contribution is 0.550. The van der Waals surface area contributed by atoms with E-state index in [1.165, 1.54) is 20.4 Å². The first-order valence-corrected chi connectivity index (χ1v) is 8.43. The van der Waals surface area contributed by atoms with E-state index in [0.29, 0.717) is 6.04 Å². The lowest BCUT2D eigenvalue weighted by atomic mass is 9.98. The van der Waals surface area contributed by atoms with Crippen LogP contribution >= 0.6 is 22.6 Å². The number of hydrogen-bond acceptors (Lipinski definition) is 2. The normalized spacial score (nSPS) is 12.2. The first-order valence-electron chi connectivity index (χ1n) is 7.35. The van der Waals surface area contributed by atoms with Gasteiger partial charge in [0.2, 0.25) is 0 Å². The highest BCUT2D eigenvalue weighted by molar-refractivity contribution is 14.1. The standard InChI is InChI=1S/C18H23IN2/c1-4-20-18(13-14-5-9-16(19)10-6-14)15-7-11-17(12-8-15)21(2)3/h5-12,18,20H,4,13H2,1-3H3. The van der Waals surface area contributed by atoms with Gasteiger partial charge in [-0.05, 0) is 70.9 Å². The Hall–Kier alpha value is -1.07. The van der Waals surface area contributed by atoms with E-state index in [-0.39, 0.29) is 0 Å². The molecule has 21 heavy (non-hydrogen) atoms. The molecule has 0 radical (unpaired) electrons. The first-order chi connectivity index (χ1) is 10.1. The molecule has 3 heteroatoms. The fourth-order valence-electron chi connectivity index (χ4n) is 2.42. The molecular formula is C18H23IN2. The van der Waals surface area contributed by atoms with Crippen LogP contribution in [0, 0.1) is 3.57 Å². The Morgan fingerprint density at radius 2 is 1.62 bits per heavy atom. The van der Waals surface area contributed by atoms with E-state index in [9.17, 15) is 0 Å². The topological polar surface area (TPSA) is 15.3 Å². The summed E-state index contributed by atoms with van der Waals surface area (Å²) < 4.78 is 1.28. The second-order valence-corrected chi connectivity index (χ2v) is 6.67. The summed E-state index contributed by atoms with van der Waals surface area (Å²) in [5.41, 5.74) is 3.96. The van der Waals surface area contributed by atoms with E-state index in [0.717, 1.165) is 13.0 Å². The maximum atomic E-state index is 3.60. The highest BCUT2D eigenvalue weighted by Crippen LogP contribution is 2.22. The molecule has 2 aromatic rings. The van der Waals surface area contributed by atoms with Gasteiger partial charge < -0.3 is 10.2 Å². The van der Waals surface area contributed by atoms with Gasteiger partial charge in [-0.3, -0.25) is 0 Å². The zero-order chi connectivity index (χ0) is 15.2. The van der Waals surface area contributed by atoms with Crippen LogP contribution in [0.1, 0.15) is 24.1 Å². The highest BCUT2D eigenvalue weighted by Gasteiger charge is 2.11. The number of anilines is 1. The van der Waals surface area contributed by atoms with Crippen LogP contribution in [-0.2, 0) is 6.42 Å². The molecule has 0 amide bonds. The fourth-order valence-corrected chi connectivity index (χ4v) is 2.77. The van der Waals surface area contributed by atoms with E-state index in [4.69, 9.17) is 0 Å². The lowest BCUT2D eigenvalue weighted by Crippen LogP contribution is -2.23. The van der Waals surface area contributed by atoms with Gasteiger partial charge in [-0.1, -0.05) is 31.2 Å². The van der Waals surface area contributed by atoms with Crippen LogP contribution in [0.2, 0.25) is 0 Å². The Kier molecular flexibility index (Phi) is 6.06. The van der Waals surface area contributed by atoms with Crippen LogP contribution in [0.15, 0.2) is 48.5 Å². The molecule has 1 unspecified atom stereocenters. The van der Waals surface area contributed by atoms with Crippen LogP contribution < -0.4 is 10.2 Å². The molecule has 0 saturated heterocycles. The number of hydrogen-bond donors (Lipinski definition) is 1. The van der Waals surface area contributed by atoms with E-state index in [2.05, 4.69) is 102 Å². The Labute approximate surface area is 141 Å². The first kappa shape index (κ1) is 16.3. The average Bonchev–Trinajstić information content (AvgIpc) is 2.49. The van der Waals surface area contributed by atoms with Gasteiger partial charge in [-0.25, -0.2) is 0 Å². The second kappa shape index (κ2) is 7.80. The van der Waals surface area contributed by atoms with E-state index >= 15 is 0 Å². The number of nitrogens with one attached hydrogen (secondary N) is 1. The zero-order valence-corrected chi connectivity index (χ0v) is 15.1. The van der Waals surface area contributed by atoms with E-state index < -0.39 is 0 Å². The molecule has 1 N–H and O–H groups in total. The van der Waals surface area contributed by atoms with E-state index in [1.54, 1.807) is 0 Å². The molecule has 0 fully saturated rings. The van der Waals surface area contributed by atoms with Crippen LogP contribution in [0.25, 0.3) is 0 Å². The van der Waals surface area contributed by atoms with Crippen LogP contribution in [-0.4, -0.2) is 20.6 Å². The molecule has 0 spiro atoms. The summed E-state index contributed by atoms with van der Waals surface area (Å²) in [6.07, 6.45) is 1.02. The predicted molar refractivity (Wildman–Crippen MR) is 100 cm³/mol. The molecule has 2 nitrogen and oxygen atoms in total. The average molecular weight is 394 g/mol. The van der Waals surface area contributed by atoms with Gasteiger partial charge >= 0.3 is 0 Å². The minimum absolute atomic E-state index is 0.367. The molecule has 0 aliphatic carbocycles. The molecule has 0 aromatic heterocycles. The summed E-state index contributed by atoms with van der Waals surface area (Å²) in [5.74, 6) is 0. The third kappa shape index (κ3) is 4.71. The summed E-state index contributed by atoms with van der Waals surface area (Å²) in [7, 11) is 4.14. The Morgan fingerprint density at radius 1 is 1.00 bits per heavy atom. The highest BCUT2D eigenvalue weighted by atomic mass is 127. The summed E-state index contributed by atoms with van der Waals surface area (Å²) in [4.78, 5) is 2.13. The van der Waals surface area contributed by atoms with Crippen molar-refractivity contribution in [2.24, 2.45) is 0 Å². The number of benzene rings is 2. The van der Waals surface area contributed by atoms with Gasteiger partial charge in [-0.2, -0.15) is 0 Å². The predicted octanol–water partition coefficient (Wildman–Crippen LogP) is 4.25. The van der Waals surface area contributed by atoms with E-state index in [1.807, 2.05) is 0 Å². The van der Waals surface area contributed by atoms with Gasteiger partial charge in [0, 0.05) is 29.4 Å². The summed E-state index contributed by atoms with van der Waals surface area (Å²) in [6.45, 7) is 3.14. The molecule has 0 heterocycles. The third-order valence-electron chi connectivity index (χ3n) is 3.62. The van der Waals surface area contributed by atoms with Crippen molar-refractivity contribution in [2.75, 3.05) is 25.5 Å². The Bertz CT molecular complexity index is 546. The van der Waals surface area contributed by atoms with Crippen LogP contribution in [0.5, 0.6) is 0 Å². The smallest absolute Gasteiger partial charge is 0.0361 e. The molecule has 0 saturated carbocycles. The number of halogens is 1. The van der Waals surface area contributed by atoms with Crippen molar-refractivity contribution in [3.63, 3.8) is 0 Å². The minimum Gasteiger partial charge on any atom is -0.378 e. The Balaban J connectivity index is 2.15. The summed E-state index contributed by atoms with van der Waals surface area (Å²) in [5, 5.41) is 3.60. The summed E-state index contributed by atoms with van der Waals surface area (Å²) in [6, 6.07) is 18.0. The van der Waals surface area contributed by atoms with Crippen molar-refractivity contribution in [3.05, 3.63) is 63.2 Å². The van der Waals surface area contributed by atoms with Crippen molar-refractivity contribution in [1.82, 2.24) is 5.32 Å². The van der Waals surface area contributed by atoms with Crippen molar-refractivity contribution < 1.29 is 0 Å².